The molecule has 5 nitrogen and oxygen atoms in total. The first-order valence-electron chi connectivity index (χ1n) is 7.47. The number of anilines is 2. The molecule has 0 radical (unpaired) electrons. The zero-order valence-electron chi connectivity index (χ0n) is 13.5. The van der Waals surface area contributed by atoms with E-state index in [-0.39, 0.29) is 0 Å². The Balaban J connectivity index is 2.14. The van der Waals surface area contributed by atoms with E-state index < -0.39 is 23.3 Å². The normalized spacial score (nSPS) is 20.3. The molecule has 0 spiro atoms. The molecule has 3 rings (SSSR count). The second-order valence-electron chi connectivity index (χ2n) is 5.84. The van der Waals surface area contributed by atoms with Crippen molar-refractivity contribution in [3.05, 3.63) is 58.6 Å². The number of halogens is 2. The summed E-state index contributed by atoms with van der Waals surface area (Å²) in [6.07, 6.45) is 0. The van der Waals surface area contributed by atoms with Crippen LogP contribution >= 0.6 is 23.2 Å². The van der Waals surface area contributed by atoms with Crippen molar-refractivity contribution in [1.82, 2.24) is 0 Å². The van der Waals surface area contributed by atoms with Gasteiger partial charge in [-0.1, -0.05) is 23.2 Å². The highest BCUT2D eigenvalue weighted by atomic mass is 35.5. The lowest BCUT2D eigenvalue weighted by Crippen LogP contribution is -2.53. The minimum Gasteiger partial charge on any atom is -0.297 e. The minimum absolute atomic E-state index is 0.350. The third-order valence-electron chi connectivity index (χ3n) is 4.30. The van der Waals surface area contributed by atoms with Crippen molar-refractivity contribution in [3.63, 3.8) is 0 Å². The molecule has 3 amide bonds. The van der Waals surface area contributed by atoms with E-state index in [0.29, 0.717) is 21.4 Å². The molecule has 0 unspecified atom stereocenters. The van der Waals surface area contributed by atoms with Gasteiger partial charge in [-0.05, 0) is 62.4 Å². The molecule has 0 saturated carbocycles. The van der Waals surface area contributed by atoms with Crippen molar-refractivity contribution < 1.29 is 14.4 Å². The number of Topliss-reactive ketones (excluding diaryl/α,β-unsaturated/α-hetero) is 1. The first-order valence-corrected chi connectivity index (χ1v) is 8.23. The first kappa shape index (κ1) is 17.5. The van der Waals surface area contributed by atoms with Crippen molar-refractivity contribution in [2.45, 2.75) is 19.4 Å². The number of amides is 3. The van der Waals surface area contributed by atoms with Crippen LogP contribution in [0.25, 0.3) is 0 Å². The summed E-state index contributed by atoms with van der Waals surface area (Å²) in [5, 5.41) is 0.965. The zero-order valence-corrected chi connectivity index (χ0v) is 15.0. The smallest absolute Gasteiger partial charge is 0.297 e. The molecule has 2 aromatic rings. The highest BCUT2D eigenvalue weighted by molar-refractivity contribution is 6.37. The van der Waals surface area contributed by atoms with Crippen LogP contribution in [-0.2, 0) is 9.59 Å². The summed E-state index contributed by atoms with van der Waals surface area (Å²) in [4.78, 5) is 40.5. The highest BCUT2D eigenvalue weighted by Crippen LogP contribution is 2.37. The Morgan fingerprint density at radius 2 is 1.32 bits per heavy atom. The molecule has 1 saturated heterocycles. The topological polar surface area (TPSA) is 57.7 Å². The predicted molar refractivity (Wildman–Crippen MR) is 97.4 cm³/mol. The molecule has 1 heterocycles. The standard InChI is InChI=1S/C18H14Cl2N2O3/c1-11(23)18(2)16(24)21(14-7-3-12(19)4-8-14)17(25)22(18)15-9-5-13(20)6-10-15/h3-10H,1-2H3/t18-/m0/s1. The van der Waals surface area contributed by atoms with Crippen LogP contribution in [0.2, 0.25) is 10.0 Å². The Bertz CT molecular complexity index is 865. The predicted octanol–water partition coefficient (Wildman–Crippen LogP) is 4.31. The summed E-state index contributed by atoms with van der Waals surface area (Å²) in [5.41, 5.74) is -0.870. The van der Waals surface area contributed by atoms with Gasteiger partial charge in [0, 0.05) is 15.7 Å². The summed E-state index contributed by atoms with van der Waals surface area (Å²) in [7, 11) is 0. The average molecular weight is 377 g/mol. The second-order valence-corrected chi connectivity index (χ2v) is 6.71. The van der Waals surface area contributed by atoms with E-state index in [2.05, 4.69) is 0 Å². The van der Waals surface area contributed by atoms with Crippen LogP contribution in [0.15, 0.2) is 48.5 Å². The lowest BCUT2D eigenvalue weighted by Gasteiger charge is -2.29. The Hall–Kier alpha value is -2.37. The molecular formula is C18H14Cl2N2O3. The van der Waals surface area contributed by atoms with Gasteiger partial charge in [0.05, 0.1) is 5.69 Å². The molecule has 0 aromatic heterocycles. The van der Waals surface area contributed by atoms with Gasteiger partial charge in [-0.2, -0.15) is 0 Å². The Morgan fingerprint density at radius 3 is 1.76 bits per heavy atom. The third-order valence-corrected chi connectivity index (χ3v) is 4.81. The molecule has 2 aromatic carbocycles. The highest BCUT2D eigenvalue weighted by Gasteiger charge is 2.58. The van der Waals surface area contributed by atoms with Crippen LogP contribution < -0.4 is 9.80 Å². The number of ketones is 1. The second kappa shape index (κ2) is 6.17. The Labute approximate surface area is 154 Å². The summed E-state index contributed by atoms with van der Waals surface area (Å²) in [6, 6.07) is 12.1. The van der Waals surface area contributed by atoms with Gasteiger partial charge < -0.3 is 0 Å². The van der Waals surface area contributed by atoms with Crippen LogP contribution in [0.4, 0.5) is 16.2 Å². The van der Waals surface area contributed by atoms with Crippen LogP contribution in [0.3, 0.4) is 0 Å². The number of imide groups is 1. The van der Waals surface area contributed by atoms with E-state index in [1.54, 1.807) is 48.5 Å². The maximum Gasteiger partial charge on any atom is 0.337 e. The van der Waals surface area contributed by atoms with Gasteiger partial charge >= 0.3 is 6.03 Å². The van der Waals surface area contributed by atoms with Gasteiger partial charge in [0.15, 0.2) is 11.3 Å². The van der Waals surface area contributed by atoms with Crippen molar-refractivity contribution in [2.24, 2.45) is 0 Å². The van der Waals surface area contributed by atoms with Crippen LogP contribution in [0, 0.1) is 0 Å². The van der Waals surface area contributed by atoms with Gasteiger partial charge in [0.1, 0.15) is 0 Å². The van der Waals surface area contributed by atoms with Crippen molar-refractivity contribution in [3.8, 4) is 0 Å². The molecule has 128 valence electrons. The van der Waals surface area contributed by atoms with Gasteiger partial charge in [0.25, 0.3) is 5.91 Å². The molecule has 7 heteroatoms. The van der Waals surface area contributed by atoms with Crippen LogP contribution in [0.5, 0.6) is 0 Å². The Morgan fingerprint density at radius 1 is 0.880 bits per heavy atom. The Kier molecular flexibility index (Phi) is 4.31. The lowest BCUT2D eigenvalue weighted by molar-refractivity contribution is -0.130. The molecule has 0 N–H and O–H groups in total. The fourth-order valence-corrected chi connectivity index (χ4v) is 3.03. The summed E-state index contributed by atoms with van der Waals surface area (Å²) in [5.74, 6) is -1.04. The molecule has 25 heavy (non-hydrogen) atoms. The number of rotatable bonds is 3. The van der Waals surface area contributed by atoms with E-state index in [0.717, 1.165) is 4.90 Å². The van der Waals surface area contributed by atoms with Gasteiger partial charge in [0.2, 0.25) is 0 Å². The summed E-state index contributed by atoms with van der Waals surface area (Å²) < 4.78 is 0. The van der Waals surface area contributed by atoms with Crippen molar-refractivity contribution in [1.29, 1.82) is 0 Å². The number of urea groups is 1. The maximum atomic E-state index is 13.0. The number of carbonyl (C=O) groups is 3. The van der Waals surface area contributed by atoms with E-state index in [1.165, 1.54) is 18.7 Å². The maximum absolute atomic E-state index is 13.0. The number of hydrogen-bond acceptors (Lipinski definition) is 3. The molecule has 1 aliphatic rings. The molecular weight excluding hydrogens is 363 g/mol. The van der Waals surface area contributed by atoms with E-state index in [1.807, 2.05) is 0 Å². The minimum atomic E-state index is -1.63. The number of carbonyl (C=O) groups excluding carboxylic acids is 3. The molecule has 1 fully saturated rings. The summed E-state index contributed by atoms with van der Waals surface area (Å²) in [6.45, 7) is 2.74. The number of nitrogens with zero attached hydrogens (tertiary/aromatic N) is 2. The van der Waals surface area contributed by atoms with E-state index >= 15 is 0 Å². The average Bonchev–Trinajstić information content (AvgIpc) is 2.77. The van der Waals surface area contributed by atoms with Crippen LogP contribution in [0.1, 0.15) is 13.8 Å². The van der Waals surface area contributed by atoms with Crippen molar-refractivity contribution in [2.75, 3.05) is 9.80 Å². The van der Waals surface area contributed by atoms with Gasteiger partial charge in [-0.3, -0.25) is 14.5 Å². The van der Waals surface area contributed by atoms with Crippen LogP contribution in [-0.4, -0.2) is 23.3 Å². The lowest BCUT2D eigenvalue weighted by atomic mass is 9.95. The quantitative estimate of drug-likeness (QED) is 0.592. The SMILES string of the molecule is CC(=O)[C@@]1(C)C(=O)N(c2ccc(Cl)cc2)C(=O)N1c1ccc(Cl)cc1. The van der Waals surface area contributed by atoms with Crippen molar-refractivity contribution >= 4 is 52.3 Å². The summed E-state index contributed by atoms with van der Waals surface area (Å²) >= 11 is 11.8. The molecule has 1 aliphatic heterocycles. The third kappa shape index (κ3) is 2.69. The monoisotopic (exact) mass is 376 g/mol. The van der Waals surface area contributed by atoms with Gasteiger partial charge in [-0.15, -0.1) is 0 Å². The number of hydrogen-bond donors (Lipinski definition) is 0. The molecule has 0 aliphatic carbocycles. The largest absolute Gasteiger partial charge is 0.337 e. The van der Waals surface area contributed by atoms with E-state index in [9.17, 15) is 14.4 Å². The fourth-order valence-electron chi connectivity index (χ4n) is 2.78. The van der Waals surface area contributed by atoms with E-state index in [4.69, 9.17) is 23.2 Å². The molecule has 0 bridgehead atoms. The zero-order chi connectivity index (χ0) is 18.4. The fraction of sp³-hybridized carbons (Fsp3) is 0.167. The first-order chi connectivity index (χ1) is 11.8. The molecule has 1 atom stereocenters. The van der Waals surface area contributed by atoms with Gasteiger partial charge in [-0.25, -0.2) is 9.69 Å². The number of benzene rings is 2.